The SMILES string of the molecule is CCCCS(=O)(=O)c1cnc(NC(=O)c2ccccc2OC(C)=O)s1. The van der Waals surface area contributed by atoms with E-state index >= 15 is 0 Å². The first-order chi connectivity index (χ1) is 11.8. The summed E-state index contributed by atoms with van der Waals surface area (Å²) in [5.41, 5.74) is 0.156. The van der Waals surface area contributed by atoms with Gasteiger partial charge >= 0.3 is 5.97 Å². The fraction of sp³-hybridized carbons (Fsp3) is 0.312. The third kappa shape index (κ3) is 5.10. The van der Waals surface area contributed by atoms with Gasteiger partial charge in [-0.2, -0.15) is 0 Å². The van der Waals surface area contributed by atoms with Gasteiger partial charge in [0.25, 0.3) is 5.91 Å². The van der Waals surface area contributed by atoms with Crippen LogP contribution in [0.2, 0.25) is 0 Å². The lowest BCUT2D eigenvalue weighted by Gasteiger charge is -2.07. The van der Waals surface area contributed by atoms with Crippen molar-refractivity contribution in [3.8, 4) is 5.75 Å². The van der Waals surface area contributed by atoms with Gasteiger partial charge in [0.05, 0.1) is 17.5 Å². The highest BCUT2D eigenvalue weighted by atomic mass is 32.2. The average molecular weight is 382 g/mol. The summed E-state index contributed by atoms with van der Waals surface area (Å²) in [6, 6.07) is 6.26. The molecule has 0 aliphatic heterocycles. The number of hydrogen-bond donors (Lipinski definition) is 1. The van der Waals surface area contributed by atoms with Crippen molar-refractivity contribution in [3.63, 3.8) is 0 Å². The Labute approximate surface area is 150 Å². The summed E-state index contributed by atoms with van der Waals surface area (Å²) in [7, 11) is -3.39. The first-order valence-corrected chi connectivity index (χ1v) is 10.1. The molecule has 25 heavy (non-hydrogen) atoms. The van der Waals surface area contributed by atoms with Crippen molar-refractivity contribution in [2.45, 2.75) is 30.9 Å². The lowest BCUT2D eigenvalue weighted by molar-refractivity contribution is -0.131. The molecule has 0 aliphatic rings. The van der Waals surface area contributed by atoms with Gasteiger partial charge in [0.1, 0.15) is 9.96 Å². The molecule has 0 radical (unpaired) electrons. The van der Waals surface area contributed by atoms with Gasteiger partial charge in [0.2, 0.25) is 0 Å². The number of carbonyl (C=O) groups is 2. The molecule has 1 aromatic heterocycles. The molecule has 7 nitrogen and oxygen atoms in total. The van der Waals surface area contributed by atoms with E-state index < -0.39 is 21.7 Å². The molecule has 0 saturated heterocycles. The minimum atomic E-state index is -3.39. The quantitative estimate of drug-likeness (QED) is 0.583. The fourth-order valence-electron chi connectivity index (χ4n) is 1.96. The van der Waals surface area contributed by atoms with Crippen molar-refractivity contribution in [2.24, 2.45) is 0 Å². The van der Waals surface area contributed by atoms with E-state index in [2.05, 4.69) is 10.3 Å². The number of nitrogens with zero attached hydrogens (tertiary/aromatic N) is 1. The summed E-state index contributed by atoms with van der Waals surface area (Å²) in [5.74, 6) is -0.906. The number of hydrogen-bond acceptors (Lipinski definition) is 7. The summed E-state index contributed by atoms with van der Waals surface area (Å²) < 4.78 is 29.4. The largest absolute Gasteiger partial charge is 0.426 e. The van der Waals surface area contributed by atoms with Crippen LogP contribution in [-0.2, 0) is 14.6 Å². The Hall–Kier alpha value is -2.26. The van der Waals surface area contributed by atoms with Gasteiger partial charge in [0, 0.05) is 6.92 Å². The highest BCUT2D eigenvalue weighted by molar-refractivity contribution is 7.93. The Morgan fingerprint density at radius 3 is 2.68 bits per heavy atom. The number of para-hydroxylation sites is 1. The predicted molar refractivity (Wildman–Crippen MR) is 94.8 cm³/mol. The number of unbranched alkanes of at least 4 members (excludes halogenated alkanes) is 1. The maximum atomic E-state index is 12.4. The van der Waals surface area contributed by atoms with E-state index in [1.54, 1.807) is 12.1 Å². The highest BCUT2D eigenvalue weighted by Crippen LogP contribution is 2.26. The normalized spacial score (nSPS) is 11.1. The van der Waals surface area contributed by atoms with Gasteiger partial charge in [-0.25, -0.2) is 13.4 Å². The third-order valence-electron chi connectivity index (χ3n) is 3.16. The molecule has 134 valence electrons. The van der Waals surface area contributed by atoms with Crippen LogP contribution in [0.1, 0.15) is 37.0 Å². The number of esters is 1. The summed E-state index contributed by atoms with van der Waals surface area (Å²) in [4.78, 5) is 27.4. The van der Waals surface area contributed by atoms with Crippen LogP contribution in [0, 0.1) is 0 Å². The third-order valence-corrected chi connectivity index (χ3v) is 6.43. The first kappa shape index (κ1) is 19.1. The van der Waals surface area contributed by atoms with Crippen molar-refractivity contribution < 1.29 is 22.7 Å². The Kier molecular flexibility index (Phi) is 6.27. The van der Waals surface area contributed by atoms with Crippen LogP contribution in [-0.4, -0.2) is 31.0 Å². The van der Waals surface area contributed by atoms with Gasteiger partial charge in [-0.15, -0.1) is 0 Å². The molecule has 0 saturated carbocycles. The number of ether oxygens (including phenoxy) is 1. The number of nitrogens with one attached hydrogen (secondary N) is 1. The van der Waals surface area contributed by atoms with Gasteiger partial charge < -0.3 is 4.74 Å². The Bertz CT molecular complexity index is 874. The number of sulfone groups is 1. The Morgan fingerprint density at radius 1 is 1.28 bits per heavy atom. The average Bonchev–Trinajstić information content (AvgIpc) is 3.02. The Balaban J connectivity index is 2.16. The molecule has 0 unspecified atom stereocenters. The van der Waals surface area contributed by atoms with Crippen molar-refractivity contribution in [3.05, 3.63) is 36.0 Å². The summed E-state index contributed by atoms with van der Waals surface area (Å²) in [5, 5.41) is 2.70. The van der Waals surface area contributed by atoms with Gasteiger partial charge in [0.15, 0.2) is 15.0 Å². The zero-order chi connectivity index (χ0) is 18.4. The molecular formula is C16H18N2O5S2. The van der Waals surface area contributed by atoms with Crippen LogP contribution >= 0.6 is 11.3 Å². The monoisotopic (exact) mass is 382 g/mol. The van der Waals surface area contributed by atoms with Gasteiger partial charge in [-0.1, -0.05) is 36.8 Å². The van der Waals surface area contributed by atoms with Crippen LogP contribution < -0.4 is 10.1 Å². The number of thiazole rings is 1. The molecule has 1 heterocycles. The smallest absolute Gasteiger partial charge is 0.308 e. The van der Waals surface area contributed by atoms with Crippen LogP contribution in [0.15, 0.2) is 34.7 Å². The van der Waals surface area contributed by atoms with Crippen LogP contribution in [0.5, 0.6) is 5.75 Å². The number of rotatable bonds is 7. The van der Waals surface area contributed by atoms with Gasteiger partial charge in [-0.05, 0) is 18.6 Å². The van der Waals surface area contributed by atoms with Crippen molar-refractivity contribution in [1.82, 2.24) is 4.98 Å². The minimum absolute atomic E-state index is 0.0500. The molecule has 2 rings (SSSR count). The first-order valence-electron chi connectivity index (χ1n) is 7.61. The molecule has 0 bridgehead atoms. The van der Waals surface area contributed by atoms with E-state index in [1.165, 1.54) is 25.3 Å². The second-order valence-corrected chi connectivity index (χ2v) is 8.57. The lowest BCUT2D eigenvalue weighted by Crippen LogP contribution is -2.14. The fourth-order valence-corrected chi connectivity index (χ4v) is 4.58. The summed E-state index contributed by atoms with van der Waals surface area (Å²) in [6.07, 6.45) is 2.58. The molecular weight excluding hydrogens is 364 g/mol. The molecule has 1 N–H and O–H groups in total. The second-order valence-electron chi connectivity index (χ2n) is 5.20. The van der Waals surface area contributed by atoms with Crippen molar-refractivity contribution >= 4 is 38.2 Å². The van der Waals surface area contributed by atoms with Crippen molar-refractivity contribution in [2.75, 3.05) is 11.1 Å². The van der Waals surface area contributed by atoms with E-state index in [0.29, 0.717) is 6.42 Å². The van der Waals surface area contributed by atoms with E-state index in [9.17, 15) is 18.0 Å². The number of amides is 1. The lowest BCUT2D eigenvalue weighted by atomic mass is 10.2. The Morgan fingerprint density at radius 2 is 2.00 bits per heavy atom. The van der Waals surface area contributed by atoms with Crippen LogP contribution in [0.25, 0.3) is 0 Å². The molecule has 0 atom stereocenters. The molecule has 0 aliphatic carbocycles. The van der Waals surface area contributed by atoms with Crippen LogP contribution in [0.3, 0.4) is 0 Å². The van der Waals surface area contributed by atoms with E-state index in [-0.39, 0.29) is 26.4 Å². The van der Waals surface area contributed by atoms with E-state index in [4.69, 9.17) is 4.74 Å². The highest BCUT2D eigenvalue weighted by Gasteiger charge is 2.20. The molecule has 2 aromatic rings. The van der Waals surface area contributed by atoms with E-state index in [0.717, 1.165) is 17.8 Å². The maximum absolute atomic E-state index is 12.4. The minimum Gasteiger partial charge on any atom is -0.426 e. The summed E-state index contributed by atoms with van der Waals surface area (Å²) in [6.45, 7) is 3.15. The van der Waals surface area contributed by atoms with Crippen molar-refractivity contribution in [1.29, 1.82) is 0 Å². The summed E-state index contributed by atoms with van der Waals surface area (Å²) >= 11 is 0.894. The van der Waals surface area contributed by atoms with E-state index in [1.807, 2.05) is 6.92 Å². The molecule has 9 heteroatoms. The van der Waals surface area contributed by atoms with Crippen LogP contribution in [0.4, 0.5) is 5.13 Å². The second kappa shape index (κ2) is 8.21. The molecule has 1 aromatic carbocycles. The standard InChI is InChI=1S/C16H18N2O5S2/c1-3-4-9-25(21,22)14-10-17-16(24-14)18-15(20)12-7-5-6-8-13(12)23-11(2)19/h5-8,10H,3-4,9H2,1-2H3,(H,17,18,20). The maximum Gasteiger partial charge on any atom is 0.308 e. The number of anilines is 1. The molecule has 0 fully saturated rings. The zero-order valence-electron chi connectivity index (χ0n) is 13.8. The zero-order valence-corrected chi connectivity index (χ0v) is 15.4. The molecule has 0 spiro atoms. The van der Waals surface area contributed by atoms with Gasteiger partial charge in [-0.3, -0.25) is 14.9 Å². The number of aromatic nitrogens is 1. The predicted octanol–water partition coefficient (Wildman–Crippen LogP) is 2.89. The topological polar surface area (TPSA) is 102 Å². The number of benzene rings is 1. The molecule has 1 amide bonds. The number of carbonyl (C=O) groups excluding carboxylic acids is 2.